The lowest BCUT2D eigenvalue weighted by atomic mass is 10.1. The highest BCUT2D eigenvalue weighted by Crippen LogP contribution is 2.39. The minimum absolute atomic E-state index is 0.0368. The molecule has 0 radical (unpaired) electrons. The van der Waals surface area contributed by atoms with Gasteiger partial charge in [-0.3, -0.25) is 19.4 Å². The average molecular weight is 475 g/mol. The highest BCUT2D eigenvalue weighted by molar-refractivity contribution is 5.88. The largest absolute Gasteiger partial charge is 0.497 e. The first kappa shape index (κ1) is 22.9. The number of rotatable bonds is 5. The summed E-state index contributed by atoms with van der Waals surface area (Å²) in [6.07, 6.45) is 5.93. The van der Waals surface area contributed by atoms with Gasteiger partial charge in [-0.15, -0.1) is 0 Å². The molecular formula is C26H27FN6O2. The number of aldehydes is 1. The van der Waals surface area contributed by atoms with E-state index in [-0.39, 0.29) is 11.6 Å². The van der Waals surface area contributed by atoms with Crippen LogP contribution in [0.3, 0.4) is 0 Å². The van der Waals surface area contributed by atoms with Crippen LogP contribution in [0.25, 0.3) is 22.3 Å². The van der Waals surface area contributed by atoms with Gasteiger partial charge in [-0.25, -0.2) is 9.37 Å². The first-order chi connectivity index (χ1) is 16.9. The van der Waals surface area contributed by atoms with E-state index in [2.05, 4.69) is 28.8 Å². The van der Waals surface area contributed by atoms with Crippen molar-refractivity contribution in [2.75, 3.05) is 25.1 Å². The van der Waals surface area contributed by atoms with Crippen molar-refractivity contribution in [3.8, 4) is 17.0 Å². The predicted octanol–water partition coefficient (Wildman–Crippen LogP) is 4.35. The van der Waals surface area contributed by atoms with Crippen LogP contribution in [0.4, 0.5) is 15.8 Å². The Kier molecular flexibility index (Phi) is 5.94. The fourth-order valence-electron chi connectivity index (χ4n) is 4.55. The Hall–Kier alpha value is -3.85. The number of halogens is 1. The smallest absolute Gasteiger partial charge is 0.157 e. The molecule has 3 heterocycles. The van der Waals surface area contributed by atoms with Crippen molar-refractivity contribution < 1.29 is 13.9 Å². The lowest BCUT2D eigenvalue weighted by Crippen LogP contribution is -2.34. The van der Waals surface area contributed by atoms with E-state index in [1.807, 2.05) is 30.3 Å². The highest BCUT2D eigenvalue weighted by atomic mass is 19.1. The summed E-state index contributed by atoms with van der Waals surface area (Å²) in [5.74, 6) is -0.144. The summed E-state index contributed by atoms with van der Waals surface area (Å²) in [4.78, 5) is 25.5. The Morgan fingerprint density at radius 3 is 2.66 bits per heavy atom. The molecule has 9 heteroatoms. The lowest BCUT2D eigenvalue weighted by Gasteiger charge is -2.27. The molecule has 0 amide bonds. The molecular weight excluding hydrogens is 447 g/mol. The maximum atomic E-state index is 15.5. The number of carbonyl (C=O) groups is 1. The van der Waals surface area contributed by atoms with Crippen LogP contribution in [0, 0.1) is 5.82 Å². The number of anilines is 2. The van der Waals surface area contributed by atoms with Gasteiger partial charge < -0.3 is 9.64 Å². The molecule has 0 saturated heterocycles. The second kappa shape index (κ2) is 9.07. The number of hydrogen-bond donors (Lipinski definition) is 0. The first-order valence-corrected chi connectivity index (χ1v) is 11.5. The summed E-state index contributed by atoms with van der Waals surface area (Å²) in [6.45, 7) is 6.16. The molecule has 180 valence electrons. The van der Waals surface area contributed by atoms with Crippen LogP contribution in [0.1, 0.15) is 29.8 Å². The third kappa shape index (κ3) is 4.12. The molecule has 2 aromatic heterocycles. The molecule has 4 aromatic rings. The Morgan fingerprint density at radius 2 is 1.97 bits per heavy atom. The van der Waals surface area contributed by atoms with Crippen molar-refractivity contribution in [3.05, 3.63) is 59.8 Å². The minimum Gasteiger partial charge on any atom is -0.497 e. The molecule has 0 bridgehead atoms. The molecule has 0 N–H and O–H groups in total. The fourth-order valence-corrected chi connectivity index (χ4v) is 4.55. The van der Waals surface area contributed by atoms with Crippen LogP contribution in [0.2, 0.25) is 0 Å². The van der Waals surface area contributed by atoms with Crippen molar-refractivity contribution in [2.45, 2.75) is 26.4 Å². The fraction of sp³-hybridized carbons (Fsp3) is 0.308. The van der Waals surface area contributed by atoms with E-state index in [1.54, 1.807) is 23.1 Å². The van der Waals surface area contributed by atoms with Crippen LogP contribution in [0.15, 0.2) is 42.9 Å². The molecule has 35 heavy (non-hydrogen) atoms. The van der Waals surface area contributed by atoms with Crippen molar-refractivity contribution in [3.63, 3.8) is 0 Å². The molecule has 1 aliphatic heterocycles. The molecule has 5 rings (SSSR count). The summed E-state index contributed by atoms with van der Waals surface area (Å²) in [5, 5.41) is 4.26. The Morgan fingerprint density at radius 1 is 1.14 bits per heavy atom. The minimum atomic E-state index is -0.569. The normalized spacial score (nSPS) is 14.3. The number of hydrogen-bond acceptors (Lipinski definition) is 7. The van der Waals surface area contributed by atoms with Gasteiger partial charge in [-0.1, -0.05) is 0 Å². The standard InChI is InChI=1S/C26H27FN6O2/c1-16(2)32-7-8-33(24-10-19(35-4)9-17(15-34)25(24)27)23-6-5-21-26(20(23)14-32)30-22(12-28-21)18-11-29-31(3)13-18/h5-6,9-13,15-16H,7-8,14H2,1-4H3. The quantitative estimate of drug-likeness (QED) is 0.398. The summed E-state index contributed by atoms with van der Waals surface area (Å²) in [5.41, 5.74) is 5.19. The van der Waals surface area contributed by atoms with E-state index < -0.39 is 5.82 Å². The zero-order valence-electron chi connectivity index (χ0n) is 20.2. The second-order valence-corrected chi connectivity index (χ2v) is 8.97. The topological polar surface area (TPSA) is 76.4 Å². The number of fused-ring (bicyclic) bond motifs is 3. The molecule has 8 nitrogen and oxygen atoms in total. The van der Waals surface area contributed by atoms with E-state index in [0.29, 0.717) is 37.4 Å². The van der Waals surface area contributed by atoms with Crippen molar-refractivity contribution >= 4 is 28.7 Å². The molecule has 0 aliphatic carbocycles. The van der Waals surface area contributed by atoms with Gasteiger partial charge in [0.25, 0.3) is 0 Å². The van der Waals surface area contributed by atoms with Crippen LogP contribution in [-0.2, 0) is 13.6 Å². The predicted molar refractivity (Wildman–Crippen MR) is 133 cm³/mol. The van der Waals surface area contributed by atoms with E-state index in [4.69, 9.17) is 9.72 Å². The highest BCUT2D eigenvalue weighted by Gasteiger charge is 2.28. The number of methoxy groups -OCH3 is 1. The summed E-state index contributed by atoms with van der Waals surface area (Å²) >= 11 is 0. The van der Waals surface area contributed by atoms with Crippen molar-refractivity contribution in [2.24, 2.45) is 7.05 Å². The maximum absolute atomic E-state index is 15.5. The molecule has 0 spiro atoms. The van der Waals surface area contributed by atoms with Gasteiger partial charge >= 0.3 is 0 Å². The maximum Gasteiger partial charge on any atom is 0.157 e. The Labute approximate surface area is 203 Å². The van der Waals surface area contributed by atoms with Crippen LogP contribution >= 0.6 is 0 Å². The lowest BCUT2D eigenvalue weighted by molar-refractivity contribution is 0.111. The van der Waals surface area contributed by atoms with Gasteiger partial charge in [0.15, 0.2) is 12.1 Å². The molecule has 0 fully saturated rings. The Balaban J connectivity index is 1.74. The van der Waals surface area contributed by atoms with Gasteiger partial charge in [-0.05, 0) is 32.0 Å². The number of carbonyl (C=O) groups excluding carboxylic acids is 1. The number of nitrogens with zero attached hydrogens (tertiary/aromatic N) is 6. The second-order valence-electron chi connectivity index (χ2n) is 8.97. The van der Waals surface area contributed by atoms with Crippen molar-refractivity contribution in [1.29, 1.82) is 0 Å². The van der Waals surface area contributed by atoms with E-state index in [0.717, 1.165) is 33.5 Å². The van der Waals surface area contributed by atoms with Gasteiger partial charge in [0.1, 0.15) is 5.75 Å². The van der Waals surface area contributed by atoms with Gasteiger partial charge in [0.05, 0.1) is 47.5 Å². The number of ether oxygens (including phenoxy) is 1. The molecule has 2 aromatic carbocycles. The zero-order valence-corrected chi connectivity index (χ0v) is 20.2. The molecule has 0 unspecified atom stereocenters. The van der Waals surface area contributed by atoms with E-state index in [1.165, 1.54) is 13.2 Å². The third-order valence-electron chi connectivity index (χ3n) is 6.50. The number of benzene rings is 2. The van der Waals surface area contributed by atoms with E-state index in [9.17, 15) is 4.79 Å². The first-order valence-electron chi connectivity index (χ1n) is 11.5. The summed E-state index contributed by atoms with van der Waals surface area (Å²) in [7, 11) is 3.37. The van der Waals surface area contributed by atoms with Crippen LogP contribution in [0.5, 0.6) is 5.75 Å². The van der Waals surface area contributed by atoms with Crippen molar-refractivity contribution in [1.82, 2.24) is 24.6 Å². The number of aryl methyl sites for hydroxylation is 1. The van der Waals surface area contributed by atoms with Gasteiger partial charge in [0.2, 0.25) is 0 Å². The summed E-state index contributed by atoms with van der Waals surface area (Å²) in [6, 6.07) is 7.19. The van der Waals surface area contributed by atoms with Gasteiger partial charge in [-0.2, -0.15) is 5.10 Å². The third-order valence-corrected chi connectivity index (χ3v) is 6.50. The monoisotopic (exact) mass is 474 g/mol. The molecule has 1 aliphatic rings. The van der Waals surface area contributed by atoms with E-state index >= 15 is 4.39 Å². The SMILES string of the molecule is COc1cc(C=O)c(F)c(N2CCN(C(C)C)Cc3c2ccc2ncc(-c4cnn(C)c4)nc32)c1. The zero-order chi connectivity index (χ0) is 24.7. The Bertz CT molecular complexity index is 1420. The summed E-state index contributed by atoms with van der Waals surface area (Å²) < 4.78 is 22.6. The van der Waals surface area contributed by atoms with Crippen LogP contribution < -0.4 is 9.64 Å². The number of aromatic nitrogens is 4. The van der Waals surface area contributed by atoms with Gasteiger partial charge in [0, 0.05) is 61.8 Å². The average Bonchev–Trinajstić information content (AvgIpc) is 3.19. The molecule has 0 atom stereocenters. The molecule has 0 saturated carbocycles. The van der Waals surface area contributed by atoms with Crippen LogP contribution in [-0.4, -0.2) is 57.2 Å².